The fourth-order valence-corrected chi connectivity index (χ4v) is 3.40. The molecule has 2 amide bonds. The lowest BCUT2D eigenvalue weighted by molar-refractivity contribution is -0.927. The van der Waals surface area contributed by atoms with Crippen LogP contribution in [-0.4, -0.2) is 36.7 Å². The monoisotopic (exact) mass is 469 g/mol. The molecule has 2 aromatic carbocycles. The topological polar surface area (TPSA) is 41.1 Å². The fourth-order valence-electron chi connectivity index (χ4n) is 3.40. The maximum absolute atomic E-state index is 12.9. The number of quaternary nitrogens is 1. The summed E-state index contributed by atoms with van der Waals surface area (Å²) in [5.74, 6) is -0.311. The summed E-state index contributed by atoms with van der Waals surface area (Å²) in [5, 5.41) is 5.78. The van der Waals surface area contributed by atoms with Crippen molar-refractivity contribution in [3.05, 3.63) is 66.0 Å². The Balaban J connectivity index is 0.00000243. The molecule has 0 bridgehead atoms. The van der Waals surface area contributed by atoms with Crippen molar-refractivity contribution in [3.8, 4) is 0 Å². The van der Waals surface area contributed by atoms with Crippen LogP contribution in [-0.2, 0) is 6.54 Å². The molecule has 0 saturated carbocycles. The highest BCUT2D eigenvalue weighted by Crippen LogP contribution is 2.21. The quantitative estimate of drug-likeness (QED) is 0.504. The number of anilines is 1. The molecule has 0 radical (unpaired) electrons. The maximum Gasteiger partial charge on any atom is 0.319 e. The van der Waals surface area contributed by atoms with Crippen LogP contribution in [0, 0.1) is 5.82 Å². The Kier molecular flexibility index (Phi) is 7.40. The van der Waals surface area contributed by atoms with Crippen molar-refractivity contribution < 1.29 is 37.6 Å². The van der Waals surface area contributed by atoms with Crippen molar-refractivity contribution in [2.45, 2.75) is 25.4 Å². The van der Waals surface area contributed by atoms with Gasteiger partial charge in [-0.2, -0.15) is 0 Å². The Hall–Kier alpha value is -1.67. The van der Waals surface area contributed by atoms with Gasteiger partial charge in [0.15, 0.2) is 0 Å². The standard InChI is InChI=1S/C20H24FN3O.HI/c1-24(15-16-5-3-2-4-6-16)13-11-19(12-14-24)23-20(25)22-18-9-7-17(21)8-10-18;/h2-10,19H,11-15H2,1H3,(H-,22,23,25);1H. The molecule has 0 unspecified atom stereocenters. The molecule has 1 aliphatic heterocycles. The SMILES string of the molecule is C[N+]1(Cc2ccccc2)CCC(NC(=O)Nc2ccc(F)cc2)CC1.[I-]. The molecule has 1 fully saturated rings. The minimum atomic E-state index is -0.311. The predicted octanol–water partition coefficient (Wildman–Crippen LogP) is 0.760. The highest BCUT2D eigenvalue weighted by molar-refractivity contribution is 5.89. The number of benzene rings is 2. The molecule has 26 heavy (non-hydrogen) atoms. The zero-order valence-electron chi connectivity index (χ0n) is 14.9. The summed E-state index contributed by atoms with van der Waals surface area (Å²) >= 11 is 0. The minimum absolute atomic E-state index is 0. The number of rotatable bonds is 4. The number of piperidine rings is 1. The number of halogens is 2. The second-order valence-corrected chi connectivity index (χ2v) is 7.09. The number of amides is 2. The van der Waals surface area contributed by atoms with E-state index in [4.69, 9.17) is 0 Å². The number of carbonyl (C=O) groups excluding carboxylic acids is 1. The first-order valence-electron chi connectivity index (χ1n) is 8.73. The van der Waals surface area contributed by atoms with Gasteiger partial charge in [-0.15, -0.1) is 0 Å². The van der Waals surface area contributed by atoms with Gasteiger partial charge in [0.05, 0.1) is 20.1 Å². The third kappa shape index (κ3) is 5.95. The molecule has 1 saturated heterocycles. The third-order valence-corrected chi connectivity index (χ3v) is 4.88. The molecule has 2 aromatic rings. The summed E-state index contributed by atoms with van der Waals surface area (Å²) in [5.41, 5.74) is 1.95. The van der Waals surface area contributed by atoms with Gasteiger partial charge in [-0.3, -0.25) is 0 Å². The van der Waals surface area contributed by atoms with Gasteiger partial charge < -0.3 is 39.1 Å². The summed E-state index contributed by atoms with van der Waals surface area (Å²) in [6.45, 7) is 3.10. The lowest BCUT2D eigenvalue weighted by atomic mass is 10.0. The molecular formula is C20H25FIN3O. The summed E-state index contributed by atoms with van der Waals surface area (Å²) < 4.78 is 13.9. The molecule has 3 rings (SSSR count). The zero-order chi connectivity index (χ0) is 17.7. The number of hydrogen-bond acceptors (Lipinski definition) is 1. The van der Waals surface area contributed by atoms with E-state index in [1.165, 1.54) is 17.7 Å². The first-order valence-corrected chi connectivity index (χ1v) is 8.73. The van der Waals surface area contributed by atoms with Gasteiger partial charge in [0.1, 0.15) is 12.4 Å². The normalized spacial score (nSPS) is 22.2. The number of nitrogens with zero attached hydrogens (tertiary/aromatic N) is 1. The number of carbonyl (C=O) groups is 1. The van der Waals surface area contributed by atoms with Gasteiger partial charge in [-0.05, 0) is 24.3 Å². The first-order chi connectivity index (χ1) is 12.0. The van der Waals surface area contributed by atoms with E-state index >= 15 is 0 Å². The average molecular weight is 469 g/mol. The smallest absolute Gasteiger partial charge is 0.319 e. The Morgan fingerprint density at radius 2 is 1.69 bits per heavy atom. The molecule has 0 atom stereocenters. The van der Waals surface area contributed by atoms with E-state index in [0.717, 1.165) is 37.0 Å². The number of likely N-dealkylation sites (tertiary alicyclic amines) is 1. The lowest BCUT2D eigenvalue weighted by Crippen LogP contribution is -3.00. The number of hydrogen-bond donors (Lipinski definition) is 2. The van der Waals surface area contributed by atoms with Crippen molar-refractivity contribution in [1.82, 2.24) is 5.32 Å². The van der Waals surface area contributed by atoms with E-state index in [0.29, 0.717) is 5.69 Å². The Morgan fingerprint density at radius 3 is 2.31 bits per heavy atom. The molecule has 0 spiro atoms. The van der Waals surface area contributed by atoms with E-state index in [1.807, 2.05) is 6.07 Å². The van der Waals surface area contributed by atoms with Gasteiger partial charge in [-0.1, -0.05) is 30.3 Å². The van der Waals surface area contributed by atoms with Crippen LogP contribution in [0.4, 0.5) is 14.9 Å². The summed E-state index contributed by atoms with van der Waals surface area (Å²) in [7, 11) is 2.28. The average Bonchev–Trinajstić information content (AvgIpc) is 2.60. The van der Waals surface area contributed by atoms with Crippen molar-refractivity contribution in [2.24, 2.45) is 0 Å². The van der Waals surface area contributed by atoms with Gasteiger partial charge in [-0.25, -0.2) is 9.18 Å². The molecular weight excluding hydrogens is 444 g/mol. The van der Waals surface area contributed by atoms with Gasteiger partial charge in [0.2, 0.25) is 0 Å². The van der Waals surface area contributed by atoms with E-state index in [9.17, 15) is 9.18 Å². The largest absolute Gasteiger partial charge is 1.00 e. The Bertz CT molecular complexity index is 701. The first kappa shape index (κ1) is 20.6. The summed E-state index contributed by atoms with van der Waals surface area (Å²) in [6.07, 6.45) is 1.92. The molecule has 140 valence electrons. The minimum Gasteiger partial charge on any atom is -1.00 e. The van der Waals surface area contributed by atoms with E-state index in [1.54, 1.807) is 12.1 Å². The third-order valence-electron chi connectivity index (χ3n) is 4.88. The van der Waals surface area contributed by atoms with Crippen LogP contribution < -0.4 is 34.6 Å². The molecule has 0 aromatic heterocycles. The van der Waals surface area contributed by atoms with Crippen LogP contribution in [0.1, 0.15) is 18.4 Å². The van der Waals surface area contributed by atoms with Crippen LogP contribution in [0.2, 0.25) is 0 Å². The van der Waals surface area contributed by atoms with Crippen LogP contribution in [0.5, 0.6) is 0 Å². The highest BCUT2D eigenvalue weighted by atomic mass is 127. The molecule has 0 aliphatic carbocycles. The van der Waals surface area contributed by atoms with Gasteiger partial charge in [0.25, 0.3) is 0 Å². The van der Waals surface area contributed by atoms with Crippen LogP contribution in [0.3, 0.4) is 0 Å². The summed E-state index contributed by atoms with van der Waals surface area (Å²) in [4.78, 5) is 12.1. The van der Waals surface area contributed by atoms with E-state index < -0.39 is 0 Å². The lowest BCUT2D eigenvalue weighted by Gasteiger charge is -2.40. The van der Waals surface area contributed by atoms with Crippen molar-refractivity contribution in [2.75, 3.05) is 25.5 Å². The van der Waals surface area contributed by atoms with E-state index in [-0.39, 0.29) is 41.9 Å². The van der Waals surface area contributed by atoms with Crippen LogP contribution >= 0.6 is 0 Å². The molecule has 6 heteroatoms. The number of nitrogens with one attached hydrogen (secondary N) is 2. The molecule has 2 N–H and O–H groups in total. The zero-order valence-corrected chi connectivity index (χ0v) is 17.1. The second-order valence-electron chi connectivity index (χ2n) is 7.09. The van der Waals surface area contributed by atoms with Crippen molar-refractivity contribution in [1.29, 1.82) is 0 Å². The summed E-state index contributed by atoms with van der Waals surface area (Å²) in [6, 6.07) is 16.3. The Morgan fingerprint density at radius 1 is 1.08 bits per heavy atom. The molecule has 1 aliphatic rings. The molecule has 1 heterocycles. The van der Waals surface area contributed by atoms with Crippen LogP contribution in [0.25, 0.3) is 0 Å². The predicted molar refractivity (Wildman–Crippen MR) is 97.6 cm³/mol. The van der Waals surface area contributed by atoms with E-state index in [2.05, 4.69) is 41.9 Å². The van der Waals surface area contributed by atoms with Gasteiger partial charge >= 0.3 is 6.03 Å². The fraction of sp³-hybridized carbons (Fsp3) is 0.350. The van der Waals surface area contributed by atoms with Gasteiger partial charge in [0, 0.05) is 30.1 Å². The Labute approximate surface area is 171 Å². The molecule has 4 nitrogen and oxygen atoms in total. The highest BCUT2D eigenvalue weighted by Gasteiger charge is 2.30. The second kappa shape index (κ2) is 9.32. The number of urea groups is 1. The van der Waals surface area contributed by atoms with Crippen molar-refractivity contribution in [3.63, 3.8) is 0 Å². The maximum atomic E-state index is 12.9. The van der Waals surface area contributed by atoms with Crippen LogP contribution in [0.15, 0.2) is 54.6 Å². The van der Waals surface area contributed by atoms with Crippen molar-refractivity contribution >= 4 is 11.7 Å².